The zero-order valence-electron chi connectivity index (χ0n) is 14.3. The van der Waals surface area contributed by atoms with E-state index < -0.39 is 0 Å². The molecule has 7 nitrogen and oxygen atoms in total. The molecule has 0 bridgehead atoms. The summed E-state index contributed by atoms with van der Waals surface area (Å²) < 4.78 is 7.56. The molecule has 1 aliphatic heterocycles. The van der Waals surface area contributed by atoms with E-state index in [0.717, 1.165) is 11.4 Å². The topological polar surface area (TPSA) is 86.3 Å². The van der Waals surface area contributed by atoms with E-state index in [-0.39, 0.29) is 18.1 Å². The number of nitrogen functional groups attached to an aromatic ring is 1. The van der Waals surface area contributed by atoms with Crippen LogP contribution in [0.4, 0.5) is 5.69 Å². The molecule has 0 aliphatic carbocycles. The van der Waals surface area contributed by atoms with Gasteiger partial charge in [0.1, 0.15) is 11.8 Å². The van der Waals surface area contributed by atoms with Gasteiger partial charge in [0.15, 0.2) is 0 Å². The van der Waals surface area contributed by atoms with Gasteiger partial charge in [-0.2, -0.15) is 5.10 Å². The number of ether oxygens (including phenoxy) is 1. The lowest BCUT2D eigenvalue weighted by Gasteiger charge is -2.33. The molecule has 2 aromatic heterocycles. The summed E-state index contributed by atoms with van der Waals surface area (Å²) in [6.45, 7) is 7.39. The highest BCUT2D eigenvalue weighted by atomic mass is 16.5. The van der Waals surface area contributed by atoms with Gasteiger partial charge >= 0.3 is 0 Å². The number of hydrogen-bond acceptors (Lipinski definition) is 5. The molecule has 0 aromatic carbocycles. The van der Waals surface area contributed by atoms with Crippen LogP contribution in [-0.4, -0.2) is 45.3 Å². The van der Waals surface area contributed by atoms with E-state index in [4.69, 9.17) is 10.5 Å². The fourth-order valence-corrected chi connectivity index (χ4v) is 2.96. The van der Waals surface area contributed by atoms with Crippen molar-refractivity contribution in [3.05, 3.63) is 41.5 Å². The number of nitrogens with zero attached hydrogens (tertiary/aromatic N) is 4. The van der Waals surface area contributed by atoms with Gasteiger partial charge in [-0.1, -0.05) is 0 Å². The average Bonchev–Trinajstić information content (AvgIpc) is 3.03. The standard InChI is InChI=1S/C17H23N5O2/c1-11(2)22-15(4-5-19-22)17(23)21-6-7-24-16(10-21)14-9-13(18)8-12(3)20-14/h4-5,8-9,11,16H,6-7,10H2,1-3H3,(H2,18,20). The lowest BCUT2D eigenvalue weighted by molar-refractivity contribution is -0.0251. The Kier molecular flexibility index (Phi) is 4.53. The van der Waals surface area contributed by atoms with Crippen molar-refractivity contribution in [2.24, 2.45) is 0 Å². The number of amides is 1. The van der Waals surface area contributed by atoms with Crippen LogP contribution in [0.25, 0.3) is 0 Å². The third-order valence-corrected chi connectivity index (χ3v) is 4.06. The minimum atomic E-state index is -0.264. The van der Waals surface area contributed by atoms with Gasteiger partial charge in [-0.3, -0.25) is 14.5 Å². The molecule has 128 valence electrons. The Balaban J connectivity index is 1.80. The molecule has 1 atom stereocenters. The van der Waals surface area contributed by atoms with Gasteiger partial charge in [0.2, 0.25) is 0 Å². The number of carbonyl (C=O) groups excluding carboxylic acids is 1. The first-order valence-electron chi connectivity index (χ1n) is 8.14. The van der Waals surface area contributed by atoms with Crippen molar-refractivity contribution >= 4 is 11.6 Å². The van der Waals surface area contributed by atoms with E-state index in [1.165, 1.54) is 0 Å². The van der Waals surface area contributed by atoms with E-state index in [1.807, 2.05) is 32.9 Å². The smallest absolute Gasteiger partial charge is 0.272 e. The van der Waals surface area contributed by atoms with E-state index in [0.29, 0.717) is 31.1 Å². The quantitative estimate of drug-likeness (QED) is 0.930. The first kappa shape index (κ1) is 16.4. The van der Waals surface area contributed by atoms with Gasteiger partial charge in [-0.05, 0) is 39.0 Å². The fourth-order valence-electron chi connectivity index (χ4n) is 2.96. The Hall–Kier alpha value is -2.41. The minimum Gasteiger partial charge on any atom is -0.399 e. The van der Waals surface area contributed by atoms with E-state index in [1.54, 1.807) is 21.8 Å². The SMILES string of the molecule is Cc1cc(N)cc(C2CN(C(=O)c3ccnn3C(C)C)CCO2)n1. The second-order valence-electron chi connectivity index (χ2n) is 6.33. The van der Waals surface area contributed by atoms with Crippen molar-refractivity contribution in [1.29, 1.82) is 0 Å². The maximum Gasteiger partial charge on any atom is 0.272 e. The first-order chi connectivity index (χ1) is 11.5. The van der Waals surface area contributed by atoms with Gasteiger partial charge < -0.3 is 15.4 Å². The number of carbonyl (C=O) groups is 1. The predicted octanol–water partition coefficient (Wildman–Crippen LogP) is 1.96. The van der Waals surface area contributed by atoms with Crippen molar-refractivity contribution in [1.82, 2.24) is 19.7 Å². The molecule has 3 heterocycles. The fraction of sp³-hybridized carbons (Fsp3) is 0.471. The van der Waals surface area contributed by atoms with Crippen LogP contribution < -0.4 is 5.73 Å². The number of pyridine rings is 1. The highest BCUT2D eigenvalue weighted by molar-refractivity contribution is 5.92. The molecule has 1 aliphatic rings. The molecule has 1 fully saturated rings. The molecule has 0 radical (unpaired) electrons. The van der Waals surface area contributed by atoms with Crippen LogP contribution >= 0.6 is 0 Å². The Morgan fingerprint density at radius 1 is 1.42 bits per heavy atom. The van der Waals surface area contributed by atoms with Crippen LogP contribution in [0.5, 0.6) is 0 Å². The summed E-state index contributed by atoms with van der Waals surface area (Å²) in [4.78, 5) is 19.2. The van der Waals surface area contributed by atoms with Crippen molar-refractivity contribution in [2.75, 3.05) is 25.4 Å². The average molecular weight is 329 g/mol. The second-order valence-corrected chi connectivity index (χ2v) is 6.33. The van der Waals surface area contributed by atoms with Crippen LogP contribution in [0, 0.1) is 6.92 Å². The Labute approximate surface area is 141 Å². The molecule has 0 saturated carbocycles. The summed E-state index contributed by atoms with van der Waals surface area (Å²) in [5.74, 6) is -0.0323. The Bertz CT molecular complexity index is 720. The third-order valence-electron chi connectivity index (χ3n) is 4.06. The number of hydrogen-bond donors (Lipinski definition) is 1. The largest absolute Gasteiger partial charge is 0.399 e. The van der Waals surface area contributed by atoms with Crippen molar-refractivity contribution in [3.63, 3.8) is 0 Å². The summed E-state index contributed by atoms with van der Waals surface area (Å²) in [5, 5.41) is 4.24. The van der Waals surface area contributed by atoms with Crippen molar-refractivity contribution < 1.29 is 9.53 Å². The first-order valence-corrected chi connectivity index (χ1v) is 8.14. The normalized spacial score (nSPS) is 18.2. The summed E-state index contributed by atoms with van der Waals surface area (Å²) in [6.07, 6.45) is 1.40. The van der Waals surface area contributed by atoms with Crippen molar-refractivity contribution in [2.45, 2.75) is 32.9 Å². The third kappa shape index (κ3) is 3.26. The van der Waals surface area contributed by atoms with Crippen molar-refractivity contribution in [3.8, 4) is 0 Å². The van der Waals surface area contributed by atoms with Crippen LogP contribution in [0.15, 0.2) is 24.4 Å². The highest BCUT2D eigenvalue weighted by Gasteiger charge is 2.29. The van der Waals surface area contributed by atoms with E-state index >= 15 is 0 Å². The molecule has 2 aromatic rings. The predicted molar refractivity (Wildman–Crippen MR) is 90.6 cm³/mol. The minimum absolute atomic E-state index is 0.0323. The molecule has 1 unspecified atom stereocenters. The number of rotatable bonds is 3. The zero-order valence-corrected chi connectivity index (χ0v) is 14.3. The summed E-state index contributed by atoms with van der Waals surface area (Å²) in [6, 6.07) is 5.52. The monoisotopic (exact) mass is 329 g/mol. The molecule has 3 rings (SSSR count). The molecule has 2 N–H and O–H groups in total. The summed E-state index contributed by atoms with van der Waals surface area (Å²) in [7, 11) is 0. The van der Waals surface area contributed by atoms with Gasteiger partial charge in [0.25, 0.3) is 5.91 Å². The lowest BCUT2D eigenvalue weighted by Crippen LogP contribution is -2.43. The number of morpholine rings is 1. The molecular formula is C17H23N5O2. The number of aryl methyl sites for hydroxylation is 1. The Morgan fingerprint density at radius 3 is 2.92 bits per heavy atom. The molecule has 24 heavy (non-hydrogen) atoms. The van der Waals surface area contributed by atoms with E-state index in [9.17, 15) is 4.79 Å². The van der Waals surface area contributed by atoms with Crippen LogP contribution in [0.1, 0.15) is 47.9 Å². The Morgan fingerprint density at radius 2 is 2.21 bits per heavy atom. The maximum atomic E-state index is 12.9. The summed E-state index contributed by atoms with van der Waals surface area (Å²) in [5.41, 5.74) is 8.77. The molecular weight excluding hydrogens is 306 g/mol. The number of nitrogens with two attached hydrogens (primary N) is 1. The molecule has 0 spiro atoms. The number of anilines is 1. The molecule has 1 saturated heterocycles. The molecule has 7 heteroatoms. The van der Waals surface area contributed by atoms with Gasteiger partial charge in [-0.25, -0.2) is 0 Å². The summed E-state index contributed by atoms with van der Waals surface area (Å²) >= 11 is 0. The lowest BCUT2D eigenvalue weighted by atomic mass is 10.1. The molecule has 1 amide bonds. The maximum absolute atomic E-state index is 12.9. The van der Waals surface area contributed by atoms with Gasteiger partial charge in [0, 0.05) is 30.2 Å². The second kappa shape index (κ2) is 6.60. The number of aromatic nitrogens is 3. The van der Waals surface area contributed by atoms with Gasteiger partial charge in [0.05, 0.1) is 18.8 Å². The van der Waals surface area contributed by atoms with Crippen LogP contribution in [0.2, 0.25) is 0 Å². The van der Waals surface area contributed by atoms with Crippen LogP contribution in [-0.2, 0) is 4.74 Å². The highest BCUT2D eigenvalue weighted by Crippen LogP contribution is 2.24. The van der Waals surface area contributed by atoms with Gasteiger partial charge in [-0.15, -0.1) is 0 Å². The van der Waals surface area contributed by atoms with Crippen LogP contribution in [0.3, 0.4) is 0 Å². The van der Waals surface area contributed by atoms with E-state index in [2.05, 4.69) is 10.1 Å². The zero-order chi connectivity index (χ0) is 17.3.